The van der Waals surface area contributed by atoms with Crippen LogP contribution in [-0.2, 0) is 16.1 Å². The maximum Gasteiger partial charge on any atom is 0.242 e. The molecule has 2 aliphatic rings. The Morgan fingerprint density at radius 3 is 2.73 bits per heavy atom. The molecule has 0 N–H and O–H groups in total. The molecule has 6 nitrogen and oxygen atoms in total. The molecule has 1 aromatic rings. The Balaban J connectivity index is 1.45. The van der Waals surface area contributed by atoms with Crippen LogP contribution in [0.25, 0.3) is 0 Å². The van der Waals surface area contributed by atoms with Crippen LogP contribution in [0.4, 0.5) is 0 Å². The third kappa shape index (κ3) is 3.78. The topological polar surface area (TPSA) is 56.8 Å². The van der Waals surface area contributed by atoms with Crippen LogP contribution in [0.15, 0.2) is 24.5 Å². The van der Waals surface area contributed by atoms with E-state index in [1.165, 1.54) is 5.56 Å². The fourth-order valence-electron chi connectivity index (χ4n) is 2.71. The van der Waals surface area contributed by atoms with E-state index in [9.17, 15) is 9.59 Å². The highest BCUT2D eigenvalue weighted by atomic mass is 32.2. The van der Waals surface area contributed by atoms with Gasteiger partial charge >= 0.3 is 0 Å². The van der Waals surface area contributed by atoms with Gasteiger partial charge in [-0.3, -0.25) is 19.5 Å². The normalized spacial score (nSPS) is 19.7. The van der Waals surface area contributed by atoms with E-state index in [0.29, 0.717) is 11.6 Å². The number of carbonyl (C=O) groups is 2. The zero-order valence-electron chi connectivity index (χ0n) is 12.5. The SMILES string of the molecule is O=C(CN1CSCC1=O)N1CCN(Cc2cccnc2)CC1. The van der Waals surface area contributed by atoms with Gasteiger partial charge in [0.05, 0.1) is 11.6 Å². The van der Waals surface area contributed by atoms with Gasteiger partial charge in [0.1, 0.15) is 6.54 Å². The van der Waals surface area contributed by atoms with Crippen LogP contribution in [0.1, 0.15) is 5.56 Å². The first-order valence-electron chi connectivity index (χ1n) is 7.47. The molecule has 7 heteroatoms. The van der Waals surface area contributed by atoms with Crippen molar-refractivity contribution < 1.29 is 9.59 Å². The predicted octanol–water partition coefficient (Wildman–Crippen LogP) is 0.259. The molecule has 3 heterocycles. The molecule has 0 unspecified atom stereocenters. The van der Waals surface area contributed by atoms with Crippen LogP contribution in [0, 0.1) is 0 Å². The molecule has 3 rings (SSSR count). The van der Waals surface area contributed by atoms with Crippen molar-refractivity contribution in [3.05, 3.63) is 30.1 Å². The summed E-state index contributed by atoms with van der Waals surface area (Å²) in [4.78, 5) is 33.8. The van der Waals surface area contributed by atoms with Gasteiger partial charge in [0.25, 0.3) is 0 Å². The third-order valence-electron chi connectivity index (χ3n) is 4.01. The summed E-state index contributed by atoms with van der Waals surface area (Å²) < 4.78 is 0. The number of amides is 2. The quantitative estimate of drug-likeness (QED) is 0.796. The fraction of sp³-hybridized carbons (Fsp3) is 0.533. The number of rotatable bonds is 4. The first-order valence-corrected chi connectivity index (χ1v) is 8.62. The van der Waals surface area contributed by atoms with E-state index in [4.69, 9.17) is 0 Å². The zero-order chi connectivity index (χ0) is 15.4. The molecule has 1 aromatic heterocycles. The van der Waals surface area contributed by atoms with Gasteiger partial charge in [-0.05, 0) is 11.6 Å². The van der Waals surface area contributed by atoms with E-state index in [1.807, 2.05) is 17.2 Å². The summed E-state index contributed by atoms with van der Waals surface area (Å²) in [7, 11) is 0. The summed E-state index contributed by atoms with van der Waals surface area (Å²) in [5, 5.41) is 0. The summed E-state index contributed by atoms with van der Waals surface area (Å²) in [5.41, 5.74) is 1.20. The van der Waals surface area contributed by atoms with E-state index in [0.717, 1.165) is 32.7 Å². The van der Waals surface area contributed by atoms with E-state index in [-0.39, 0.29) is 18.4 Å². The Kier molecular flexibility index (Phi) is 4.94. The molecular weight excluding hydrogens is 300 g/mol. The van der Waals surface area contributed by atoms with Crippen molar-refractivity contribution in [1.29, 1.82) is 0 Å². The standard InChI is InChI=1S/C15H20N4O2S/c20-14(10-19-12-22-11-15(19)21)18-6-4-17(5-7-18)9-13-2-1-3-16-8-13/h1-3,8H,4-7,9-12H2. The van der Waals surface area contributed by atoms with Gasteiger partial charge in [0.15, 0.2) is 0 Å². The Bertz CT molecular complexity index is 532. The zero-order valence-corrected chi connectivity index (χ0v) is 13.3. The lowest BCUT2D eigenvalue weighted by atomic mass is 10.2. The van der Waals surface area contributed by atoms with Gasteiger partial charge in [-0.15, -0.1) is 11.8 Å². The predicted molar refractivity (Wildman–Crippen MR) is 85.1 cm³/mol. The summed E-state index contributed by atoms with van der Waals surface area (Å²) >= 11 is 1.57. The van der Waals surface area contributed by atoms with Crippen LogP contribution in [0.5, 0.6) is 0 Å². The molecular formula is C15H20N4O2S. The highest BCUT2D eigenvalue weighted by Crippen LogP contribution is 2.15. The van der Waals surface area contributed by atoms with Crippen LogP contribution in [0.2, 0.25) is 0 Å². The number of piperazine rings is 1. The number of nitrogens with zero attached hydrogens (tertiary/aromatic N) is 4. The van der Waals surface area contributed by atoms with Gasteiger partial charge in [-0.25, -0.2) is 0 Å². The Labute approximate surface area is 134 Å². The Morgan fingerprint density at radius 1 is 1.27 bits per heavy atom. The molecule has 0 radical (unpaired) electrons. The van der Waals surface area contributed by atoms with Crippen LogP contribution < -0.4 is 0 Å². The Hall–Kier alpha value is -1.60. The number of hydrogen-bond donors (Lipinski definition) is 0. The maximum atomic E-state index is 12.3. The van der Waals surface area contributed by atoms with Crippen molar-refractivity contribution in [2.24, 2.45) is 0 Å². The first-order chi connectivity index (χ1) is 10.7. The highest BCUT2D eigenvalue weighted by molar-refractivity contribution is 8.00. The average molecular weight is 320 g/mol. The first kappa shape index (κ1) is 15.3. The van der Waals surface area contributed by atoms with E-state index in [2.05, 4.69) is 16.0 Å². The average Bonchev–Trinajstić information content (AvgIpc) is 2.94. The van der Waals surface area contributed by atoms with Crippen molar-refractivity contribution in [1.82, 2.24) is 19.7 Å². The number of aromatic nitrogens is 1. The molecule has 118 valence electrons. The second-order valence-corrected chi connectivity index (χ2v) is 6.54. The Morgan fingerprint density at radius 2 is 2.09 bits per heavy atom. The van der Waals surface area contributed by atoms with Gasteiger partial charge in [-0.2, -0.15) is 0 Å². The molecule has 0 bridgehead atoms. The summed E-state index contributed by atoms with van der Waals surface area (Å²) in [6.07, 6.45) is 3.66. The van der Waals surface area contributed by atoms with Gasteiger partial charge in [0, 0.05) is 45.1 Å². The van der Waals surface area contributed by atoms with Crippen LogP contribution in [-0.4, -0.2) is 75.9 Å². The molecule has 0 saturated carbocycles. The minimum absolute atomic E-state index is 0.0666. The number of carbonyl (C=O) groups excluding carboxylic acids is 2. The monoisotopic (exact) mass is 320 g/mol. The number of pyridine rings is 1. The second-order valence-electron chi connectivity index (χ2n) is 5.59. The van der Waals surface area contributed by atoms with Crippen LogP contribution in [0.3, 0.4) is 0 Å². The second kappa shape index (κ2) is 7.11. The fourth-order valence-corrected chi connectivity index (χ4v) is 3.61. The summed E-state index contributed by atoms with van der Waals surface area (Å²) in [6.45, 7) is 4.29. The molecule has 22 heavy (non-hydrogen) atoms. The lowest BCUT2D eigenvalue weighted by molar-refractivity contribution is -0.139. The molecule has 2 aliphatic heterocycles. The largest absolute Gasteiger partial charge is 0.339 e. The minimum Gasteiger partial charge on any atom is -0.339 e. The van der Waals surface area contributed by atoms with Crippen molar-refractivity contribution in [3.8, 4) is 0 Å². The van der Waals surface area contributed by atoms with Gasteiger partial charge < -0.3 is 9.80 Å². The minimum atomic E-state index is 0.0666. The van der Waals surface area contributed by atoms with E-state index < -0.39 is 0 Å². The van der Waals surface area contributed by atoms with Crippen molar-refractivity contribution in [2.45, 2.75) is 6.54 Å². The van der Waals surface area contributed by atoms with Crippen LogP contribution >= 0.6 is 11.8 Å². The van der Waals surface area contributed by atoms with Crippen molar-refractivity contribution in [3.63, 3.8) is 0 Å². The van der Waals surface area contributed by atoms with Gasteiger partial charge in [0.2, 0.25) is 11.8 Å². The lowest BCUT2D eigenvalue weighted by Crippen LogP contribution is -2.51. The van der Waals surface area contributed by atoms with Gasteiger partial charge in [-0.1, -0.05) is 6.07 Å². The summed E-state index contributed by atoms with van der Waals surface area (Å²) in [6, 6.07) is 4.02. The number of hydrogen-bond acceptors (Lipinski definition) is 5. The molecule has 2 amide bonds. The molecule has 0 aromatic carbocycles. The summed E-state index contributed by atoms with van der Waals surface area (Å²) in [5.74, 6) is 1.29. The van der Waals surface area contributed by atoms with Crippen molar-refractivity contribution in [2.75, 3.05) is 44.4 Å². The number of thioether (sulfide) groups is 1. The molecule has 0 spiro atoms. The molecule has 0 atom stereocenters. The lowest BCUT2D eigenvalue weighted by Gasteiger charge is -2.35. The van der Waals surface area contributed by atoms with E-state index >= 15 is 0 Å². The van der Waals surface area contributed by atoms with Crippen molar-refractivity contribution >= 4 is 23.6 Å². The van der Waals surface area contributed by atoms with E-state index in [1.54, 1.807) is 22.9 Å². The molecule has 0 aliphatic carbocycles. The third-order valence-corrected chi connectivity index (χ3v) is 4.95. The smallest absolute Gasteiger partial charge is 0.242 e. The highest BCUT2D eigenvalue weighted by Gasteiger charge is 2.27. The molecule has 2 fully saturated rings. The molecule has 2 saturated heterocycles. The maximum absolute atomic E-state index is 12.3.